The van der Waals surface area contributed by atoms with Crippen molar-refractivity contribution in [3.63, 3.8) is 0 Å². The number of rotatable bonds is 6. The van der Waals surface area contributed by atoms with Gasteiger partial charge in [-0.1, -0.05) is 18.2 Å². The number of carbonyl (C=O) groups is 1. The highest BCUT2D eigenvalue weighted by molar-refractivity contribution is 5.87. The molecular weight excluding hydrogens is 438 g/mol. The van der Waals surface area contributed by atoms with E-state index >= 15 is 8.78 Å². The zero-order chi connectivity index (χ0) is 23.8. The molecule has 0 spiro atoms. The molecule has 5 nitrogen and oxygen atoms in total. The summed E-state index contributed by atoms with van der Waals surface area (Å²) in [4.78, 5) is 17.3. The first-order valence-corrected chi connectivity index (χ1v) is 11.7. The first kappa shape index (κ1) is 22.7. The number of H-pyrrole nitrogens is 1. The topological polar surface area (TPSA) is 54.6 Å². The number of hydrogen-bond acceptors (Lipinski definition) is 4. The Morgan fingerprint density at radius 2 is 1.97 bits per heavy atom. The molecule has 2 aromatic carbocycles. The molecule has 7 heteroatoms. The first-order chi connectivity index (χ1) is 16.5. The van der Waals surface area contributed by atoms with Crippen LogP contribution in [0.1, 0.15) is 42.3 Å². The molecule has 5 rings (SSSR count). The van der Waals surface area contributed by atoms with E-state index in [-0.39, 0.29) is 23.8 Å². The number of aromatic amines is 1. The lowest BCUT2D eigenvalue weighted by Crippen LogP contribution is -2.48. The van der Waals surface area contributed by atoms with Crippen LogP contribution in [-0.2, 0) is 20.7 Å². The zero-order valence-electron chi connectivity index (χ0n) is 19.3. The number of para-hydroxylation sites is 1. The molecule has 1 saturated heterocycles. The van der Waals surface area contributed by atoms with Crippen molar-refractivity contribution < 1.29 is 23.0 Å². The van der Waals surface area contributed by atoms with E-state index in [1.807, 2.05) is 18.2 Å². The lowest BCUT2D eigenvalue weighted by molar-refractivity contribution is -0.137. The standard InChI is InChI=1S/C27H28F2N2O3/c1-3-34-24(32)9-8-17-11-21(28)25(22(29)12-17)27-26-20(19-6-4-5-7-23(19)30-26)10-16(2)31(27)13-18-14-33-15-18/h4-9,11-12,16,18,27,30H,3,10,13-15H2,1-2H3/b9-8+/t16-,27-/m1/s1. The first-order valence-electron chi connectivity index (χ1n) is 11.7. The molecule has 0 radical (unpaired) electrons. The number of ether oxygens (including phenoxy) is 2. The summed E-state index contributed by atoms with van der Waals surface area (Å²) in [6, 6.07) is 10.1. The Morgan fingerprint density at radius 3 is 2.65 bits per heavy atom. The molecule has 178 valence electrons. The molecule has 34 heavy (non-hydrogen) atoms. The summed E-state index contributed by atoms with van der Waals surface area (Å²) in [7, 11) is 0. The number of benzene rings is 2. The van der Waals surface area contributed by atoms with E-state index in [4.69, 9.17) is 9.47 Å². The van der Waals surface area contributed by atoms with Gasteiger partial charge in [0.15, 0.2) is 0 Å². The van der Waals surface area contributed by atoms with Crippen LogP contribution in [0.15, 0.2) is 42.5 Å². The molecule has 0 aliphatic carbocycles. The molecule has 0 unspecified atom stereocenters. The van der Waals surface area contributed by atoms with E-state index in [9.17, 15) is 4.79 Å². The molecule has 0 saturated carbocycles. The summed E-state index contributed by atoms with van der Waals surface area (Å²) in [6.07, 6.45) is 3.35. The maximum absolute atomic E-state index is 15.6. The summed E-state index contributed by atoms with van der Waals surface area (Å²) in [6.45, 7) is 6.08. The molecule has 3 heterocycles. The van der Waals surface area contributed by atoms with Gasteiger partial charge in [0.05, 0.1) is 25.9 Å². The van der Waals surface area contributed by atoms with Gasteiger partial charge in [0.25, 0.3) is 0 Å². The molecule has 2 atom stereocenters. The lowest BCUT2D eigenvalue weighted by Gasteiger charge is -2.44. The van der Waals surface area contributed by atoms with Crippen molar-refractivity contribution in [3.05, 3.63) is 76.5 Å². The number of esters is 1. The second-order valence-electron chi connectivity index (χ2n) is 9.10. The number of hydrogen-bond donors (Lipinski definition) is 1. The minimum absolute atomic E-state index is 0.0212. The smallest absolute Gasteiger partial charge is 0.330 e. The van der Waals surface area contributed by atoms with Crippen LogP contribution in [0.4, 0.5) is 8.78 Å². The highest BCUT2D eigenvalue weighted by atomic mass is 19.1. The Bertz CT molecular complexity index is 1220. The fourth-order valence-electron chi connectivity index (χ4n) is 5.11. The van der Waals surface area contributed by atoms with Gasteiger partial charge in [-0.2, -0.15) is 0 Å². The van der Waals surface area contributed by atoms with Crippen molar-refractivity contribution in [2.75, 3.05) is 26.4 Å². The van der Waals surface area contributed by atoms with Gasteiger partial charge in [-0.15, -0.1) is 0 Å². The number of carbonyl (C=O) groups excluding carboxylic acids is 1. The molecule has 2 aliphatic rings. The zero-order valence-corrected chi connectivity index (χ0v) is 19.3. The monoisotopic (exact) mass is 466 g/mol. The maximum Gasteiger partial charge on any atom is 0.330 e. The van der Waals surface area contributed by atoms with Crippen LogP contribution in [0.25, 0.3) is 17.0 Å². The Kier molecular flexibility index (Phi) is 6.23. The second kappa shape index (κ2) is 9.31. The van der Waals surface area contributed by atoms with Crippen molar-refractivity contribution in [1.29, 1.82) is 0 Å². The predicted molar refractivity (Wildman–Crippen MR) is 126 cm³/mol. The van der Waals surface area contributed by atoms with Crippen LogP contribution in [-0.4, -0.2) is 48.3 Å². The normalized spacial score (nSPS) is 21.1. The van der Waals surface area contributed by atoms with Crippen LogP contribution in [0.2, 0.25) is 0 Å². The molecule has 0 bridgehead atoms. The maximum atomic E-state index is 15.6. The van der Waals surface area contributed by atoms with E-state index in [2.05, 4.69) is 22.9 Å². The third kappa shape index (κ3) is 4.14. The van der Waals surface area contributed by atoms with Crippen LogP contribution >= 0.6 is 0 Å². The van der Waals surface area contributed by atoms with Gasteiger partial charge in [-0.25, -0.2) is 13.6 Å². The Hall–Kier alpha value is -3.03. The quantitative estimate of drug-likeness (QED) is 0.410. The van der Waals surface area contributed by atoms with E-state index < -0.39 is 23.6 Å². The van der Waals surface area contributed by atoms with Crippen molar-refractivity contribution in [2.45, 2.75) is 32.4 Å². The number of halogens is 2. The highest BCUT2D eigenvalue weighted by Crippen LogP contribution is 2.43. The van der Waals surface area contributed by atoms with E-state index in [1.54, 1.807) is 6.92 Å². The summed E-state index contributed by atoms with van der Waals surface area (Å²) in [5.41, 5.74) is 3.21. The fraction of sp³-hybridized carbons (Fsp3) is 0.370. The van der Waals surface area contributed by atoms with Crippen LogP contribution in [0.5, 0.6) is 0 Å². The van der Waals surface area contributed by atoms with Crippen molar-refractivity contribution >= 4 is 22.9 Å². The minimum Gasteiger partial charge on any atom is -0.463 e. The van der Waals surface area contributed by atoms with Gasteiger partial charge in [-0.3, -0.25) is 4.90 Å². The van der Waals surface area contributed by atoms with Gasteiger partial charge >= 0.3 is 5.97 Å². The molecule has 0 amide bonds. The van der Waals surface area contributed by atoms with Gasteiger partial charge in [0, 0.05) is 46.7 Å². The number of aromatic nitrogens is 1. The molecular formula is C27H28F2N2O3. The Balaban J connectivity index is 1.59. The van der Waals surface area contributed by atoms with Gasteiger partial charge in [-0.05, 0) is 55.7 Å². The fourth-order valence-corrected chi connectivity index (χ4v) is 5.11. The van der Waals surface area contributed by atoms with E-state index in [1.165, 1.54) is 24.3 Å². The van der Waals surface area contributed by atoms with Gasteiger partial charge in [0.2, 0.25) is 0 Å². The van der Waals surface area contributed by atoms with E-state index in [0.29, 0.717) is 25.7 Å². The summed E-state index contributed by atoms with van der Waals surface area (Å²) < 4.78 is 41.4. The average Bonchev–Trinajstić information content (AvgIpc) is 3.14. The third-order valence-electron chi connectivity index (χ3n) is 6.77. The Labute approximate surface area is 197 Å². The number of fused-ring (bicyclic) bond motifs is 3. The van der Waals surface area contributed by atoms with Gasteiger partial charge < -0.3 is 14.5 Å². The summed E-state index contributed by atoms with van der Waals surface area (Å²) in [5.74, 6) is -1.48. The second-order valence-corrected chi connectivity index (χ2v) is 9.10. The Morgan fingerprint density at radius 1 is 1.24 bits per heavy atom. The van der Waals surface area contributed by atoms with Crippen molar-refractivity contribution in [1.82, 2.24) is 9.88 Å². The van der Waals surface area contributed by atoms with Crippen LogP contribution < -0.4 is 0 Å². The molecule has 1 aromatic heterocycles. The third-order valence-corrected chi connectivity index (χ3v) is 6.77. The largest absolute Gasteiger partial charge is 0.463 e. The van der Waals surface area contributed by atoms with Gasteiger partial charge in [0.1, 0.15) is 11.6 Å². The molecule has 2 aliphatic heterocycles. The van der Waals surface area contributed by atoms with E-state index in [0.717, 1.165) is 28.6 Å². The van der Waals surface area contributed by atoms with Crippen LogP contribution in [0, 0.1) is 17.6 Å². The number of nitrogens with zero attached hydrogens (tertiary/aromatic N) is 1. The van der Waals surface area contributed by atoms with Crippen molar-refractivity contribution in [2.24, 2.45) is 5.92 Å². The highest BCUT2D eigenvalue weighted by Gasteiger charge is 2.40. The SMILES string of the molecule is CCOC(=O)/C=C/c1cc(F)c([C@@H]2c3[nH]c4ccccc4c3C[C@@H](C)N2CC2COC2)c(F)c1. The van der Waals surface area contributed by atoms with Crippen LogP contribution in [0.3, 0.4) is 0 Å². The lowest BCUT2D eigenvalue weighted by atomic mass is 9.86. The average molecular weight is 467 g/mol. The molecule has 3 aromatic rings. The van der Waals surface area contributed by atoms with Crippen molar-refractivity contribution in [3.8, 4) is 0 Å². The summed E-state index contributed by atoms with van der Waals surface area (Å²) in [5, 5.41) is 1.09. The number of nitrogens with one attached hydrogen (secondary N) is 1. The summed E-state index contributed by atoms with van der Waals surface area (Å²) >= 11 is 0. The minimum atomic E-state index is -0.637. The predicted octanol–water partition coefficient (Wildman–Crippen LogP) is 5.00. The molecule has 1 N–H and O–H groups in total. The molecule has 1 fully saturated rings.